The molecular weight excluding hydrogens is 346 g/mol. The number of hydrogen-bond donors (Lipinski definition) is 1. The van der Waals surface area contributed by atoms with Crippen LogP contribution >= 0.6 is 15.9 Å². The fraction of sp³-hybridized carbons (Fsp3) is 0.200. The van der Waals surface area contributed by atoms with E-state index in [1.54, 1.807) is 9.52 Å². The highest BCUT2D eigenvalue weighted by atomic mass is 79.9. The molecule has 0 fully saturated rings. The predicted molar refractivity (Wildman–Crippen MR) is 86.8 cm³/mol. The van der Waals surface area contributed by atoms with Gasteiger partial charge in [0.05, 0.1) is 11.2 Å². The van der Waals surface area contributed by atoms with Crippen molar-refractivity contribution in [3.05, 3.63) is 52.5 Å². The van der Waals surface area contributed by atoms with Crippen molar-refractivity contribution in [1.29, 1.82) is 0 Å². The zero-order valence-corrected chi connectivity index (χ0v) is 13.5. The van der Waals surface area contributed by atoms with E-state index in [1.807, 2.05) is 48.7 Å². The van der Waals surface area contributed by atoms with Crippen LogP contribution in [0.15, 0.2) is 41.1 Å². The minimum absolute atomic E-state index is 0.0887. The molecular formula is C15H14BrN5O. The van der Waals surface area contributed by atoms with Crippen LogP contribution in [0, 0.1) is 0 Å². The molecule has 0 spiro atoms. The van der Waals surface area contributed by atoms with Crippen molar-refractivity contribution in [2.24, 2.45) is 0 Å². The molecule has 3 aromatic rings. The van der Waals surface area contributed by atoms with Crippen LogP contribution in [0.4, 0.5) is 5.69 Å². The highest BCUT2D eigenvalue weighted by molar-refractivity contribution is 9.10. The maximum absolute atomic E-state index is 12.8. The number of amides is 1. The highest BCUT2D eigenvalue weighted by Gasteiger charge is 2.28. The number of rotatable bonds is 1. The number of halogens is 1. The number of carbonyl (C=O) groups is 1. The van der Waals surface area contributed by atoms with Gasteiger partial charge < -0.3 is 4.98 Å². The van der Waals surface area contributed by atoms with Crippen molar-refractivity contribution in [3.63, 3.8) is 0 Å². The second-order valence-corrected chi connectivity index (χ2v) is 6.21. The molecule has 7 heteroatoms. The maximum Gasteiger partial charge on any atom is 0.292 e. The van der Waals surface area contributed by atoms with Gasteiger partial charge in [-0.05, 0) is 40.2 Å². The topological polar surface area (TPSA) is 56.6 Å². The van der Waals surface area contributed by atoms with E-state index in [-0.39, 0.29) is 5.91 Å². The summed E-state index contributed by atoms with van der Waals surface area (Å²) in [6, 6.07) is 7.66. The lowest BCUT2D eigenvalue weighted by molar-refractivity contribution is 0.0732. The molecule has 0 radical (unpaired) electrons. The first-order valence-corrected chi connectivity index (χ1v) is 7.79. The molecule has 22 heavy (non-hydrogen) atoms. The summed E-state index contributed by atoms with van der Waals surface area (Å²) < 4.78 is 2.64. The van der Waals surface area contributed by atoms with Crippen molar-refractivity contribution >= 4 is 33.0 Å². The summed E-state index contributed by atoms with van der Waals surface area (Å²) in [5, 5.41) is 8.00. The van der Waals surface area contributed by atoms with Gasteiger partial charge in [0, 0.05) is 42.6 Å². The number of H-pyrrole nitrogens is 1. The lowest BCUT2D eigenvalue weighted by Crippen LogP contribution is -2.48. The summed E-state index contributed by atoms with van der Waals surface area (Å²) >= 11 is 3.41. The summed E-state index contributed by atoms with van der Waals surface area (Å²) in [4.78, 5) is 16.0. The Bertz CT molecular complexity index is 868. The Morgan fingerprint density at radius 1 is 1.36 bits per heavy atom. The van der Waals surface area contributed by atoms with Crippen molar-refractivity contribution in [3.8, 4) is 0 Å². The number of hydrogen-bond acceptors (Lipinski definition) is 3. The lowest BCUT2D eigenvalue weighted by atomic mass is 10.2. The minimum Gasteiger partial charge on any atom is -0.363 e. The normalized spacial score (nSPS) is 14.5. The minimum atomic E-state index is -0.0887. The van der Waals surface area contributed by atoms with Gasteiger partial charge >= 0.3 is 0 Å². The molecule has 1 aliphatic rings. The Morgan fingerprint density at radius 2 is 2.23 bits per heavy atom. The Labute approximate surface area is 135 Å². The Balaban J connectivity index is 1.68. The smallest absolute Gasteiger partial charge is 0.292 e. The van der Waals surface area contributed by atoms with E-state index < -0.39 is 0 Å². The summed E-state index contributed by atoms with van der Waals surface area (Å²) in [5.74, 6) is -0.0887. The number of carbonyl (C=O) groups excluding carboxylic acids is 1. The van der Waals surface area contributed by atoms with Crippen LogP contribution in [-0.4, -0.2) is 39.1 Å². The van der Waals surface area contributed by atoms with Gasteiger partial charge in [-0.15, -0.1) is 0 Å². The van der Waals surface area contributed by atoms with Crippen LogP contribution < -0.4 is 5.01 Å². The fourth-order valence-corrected chi connectivity index (χ4v) is 3.16. The van der Waals surface area contributed by atoms with Crippen LogP contribution in [0.5, 0.6) is 0 Å². The summed E-state index contributed by atoms with van der Waals surface area (Å²) in [6.45, 7) is 0.639. The summed E-state index contributed by atoms with van der Waals surface area (Å²) in [5.41, 5.74) is 3.54. The lowest BCUT2D eigenvalue weighted by Gasteiger charge is -2.36. The number of anilines is 1. The highest BCUT2D eigenvalue weighted by Crippen LogP contribution is 2.26. The van der Waals surface area contributed by atoms with E-state index in [4.69, 9.17) is 0 Å². The molecule has 0 saturated carbocycles. The van der Waals surface area contributed by atoms with Crippen molar-refractivity contribution in [1.82, 2.24) is 19.6 Å². The van der Waals surface area contributed by atoms with E-state index in [0.717, 1.165) is 27.8 Å². The van der Waals surface area contributed by atoms with Crippen molar-refractivity contribution < 1.29 is 4.79 Å². The maximum atomic E-state index is 12.8. The van der Waals surface area contributed by atoms with Gasteiger partial charge in [0.2, 0.25) is 0 Å². The van der Waals surface area contributed by atoms with Gasteiger partial charge in [-0.1, -0.05) is 0 Å². The summed E-state index contributed by atoms with van der Waals surface area (Å²) in [6.07, 6.45) is 4.56. The molecule has 1 N–H and O–H groups in total. The average Bonchev–Trinajstić information content (AvgIpc) is 3.12. The molecule has 0 aliphatic carbocycles. The second kappa shape index (κ2) is 4.88. The molecule has 112 valence electrons. The molecule has 6 nitrogen and oxygen atoms in total. The SMILES string of the molecule is CN1c2cc[nH]c2CCN1C(=O)c1cc2ccc(Br)cn2n1. The first-order valence-electron chi connectivity index (χ1n) is 7.00. The van der Waals surface area contributed by atoms with E-state index >= 15 is 0 Å². The van der Waals surface area contributed by atoms with Crippen molar-refractivity contribution in [2.75, 3.05) is 18.6 Å². The standard InChI is InChI=1S/C15H14BrN5O/c1-19-14-4-6-17-12(14)5-7-21(19)15(22)13-8-11-3-2-10(16)9-20(11)18-13/h2-4,6,8-9,17H,5,7H2,1H3. The van der Waals surface area contributed by atoms with Gasteiger partial charge in [-0.2, -0.15) is 5.10 Å². The Morgan fingerprint density at radius 3 is 3.09 bits per heavy atom. The molecule has 0 saturated heterocycles. The Kier molecular flexibility index (Phi) is 2.97. The third-order valence-electron chi connectivity index (χ3n) is 3.97. The molecule has 1 aliphatic heterocycles. The third kappa shape index (κ3) is 2.00. The number of nitrogens with zero attached hydrogens (tertiary/aromatic N) is 4. The number of hydrazine groups is 1. The zero-order valence-electron chi connectivity index (χ0n) is 12.0. The summed E-state index contributed by atoms with van der Waals surface area (Å²) in [7, 11) is 1.90. The van der Waals surface area contributed by atoms with E-state index in [0.29, 0.717) is 12.2 Å². The second-order valence-electron chi connectivity index (χ2n) is 5.29. The van der Waals surface area contributed by atoms with Crippen LogP contribution in [0.25, 0.3) is 5.52 Å². The molecule has 0 bridgehead atoms. The van der Waals surface area contributed by atoms with Crippen molar-refractivity contribution in [2.45, 2.75) is 6.42 Å². The number of aromatic nitrogens is 3. The molecule has 4 heterocycles. The van der Waals surface area contributed by atoms with Crippen LogP contribution in [0.1, 0.15) is 16.2 Å². The van der Waals surface area contributed by atoms with E-state index in [2.05, 4.69) is 26.0 Å². The van der Waals surface area contributed by atoms with E-state index in [9.17, 15) is 4.79 Å². The van der Waals surface area contributed by atoms with Gasteiger partial charge in [-0.25, -0.2) is 9.52 Å². The number of aromatic amines is 1. The number of nitrogens with one attached hydrogen (secondary N) is 1. The largest absolute Gasteiger partial charge is 0.363 e. The molecule has 3 aromatic heterocycles. The molecule has 0 atom stereocenters. The van der Waals surface area contributed by atoms with Crippen LogP contribution in [0.3, 0.4) is 0 Å². The van der Waals surface area contributed by atoms with Gasteiger partial charge in [0.15, 0.2) is 5.69 Å². The van der Waals surface area contributed by atoms with Gasteiger partial charge in [0.25, 0.3) is 5.91 Å². The van der Waals surface area contributed by atoms with E-state index in [1.165, 1.54) is 0 Å². The van der Waals surface area contributed by atoms with Gasteiger partial charge in [-0.3, -0.25) is 9.80 Å². The number of fused-ring (bicyclic) bond motifs is 2. The zero-order chi connectivity index (χ0) is 15.3. The monoisotopic (exact) mass is 359 g/mol. The average molecular weight is 360 g/mol. The first kappa shape index (κ1) is 13.4. The first-order chi connectivity index (χ1) is 10.6. The fourth-order valence-electron chi connectivity index (χ4n) is 2.83. The molecule has 1 amide bonds. The van der Waals surface area contributed by atoms with Gasteiger partial charge in [0.1, 0.15) is 0 Å². The molecule has 4 rings (SSSR count). The Hall–Kier alpha value is -2.28. The predicted octanol–water partition coefficient (Wildman–Crippen LogP) is 2.47. The quantitative estimate of drug-likeness (QED) is 0.726. The van der Waals surface area contributed by atoms with Crippen LogP contribution in [-0.2, 0) is 6.42 Å². The third-order valence-corrected chi connectivity index (χ3v) is 4.44. The number of pyridine rings is 1. The molecule has 0 aromatic carbocycles. The van der Waals surface area contributed by atoms with Crippen LogP contribution in [0.2, 0.25) is 0 Å². The molecule has 0 unspecified atom stereocenters.